The van der Waals surface area contributed by atoms with Gasteiger partial charge in [-0.25, -0.2) is 13.1 Å². The van der Waals surface area contributed by atoms with Crippen LogP contribution in [0.4, 0.5) is 0 Å². The van der Waals surface area contributed by atoms with Gasteiger partial charge in [-0.1, -0.05) is 17.4 Å². The largest absolute Gasteiger partial charge is 0.388 e. The van der Waals surface area contributed by atoms with Gasteiger partial charge in [0.2, 0.25) is 16.4 Å². The number of sulfonamides is 1. The summed E-state index contributed by atoms with van der Waals surface area (Å²) in [5.41, 5.74) is 5.73. The Morgan fingerprint density at radius 2 is 2.21 bits per heavy atom. The highest BCUT2D eigenvalue weighted by Gasteiger charge is 2.15. The van der Waals surface area contributed by atoms with E-state index in [4.69, 9.17) is 18.0 Å². The second kappa shape index (κ2) is 5.38. The summed E-state index contributed by atoms with van der Waals surface area (Å²) < 4.78 is 30.6. The van der Waals surface area contributed by atoms with Gasteiger partial charge in [0.25, 0.3) is 0 Å². The first-order valence-electron chi connectivity index (χ1n) is 5.00. The molecule has 0 fully saturated rings. The van der Waals surface area contributed by atoms with Crippen molar-refractivity contribution in [2.45, 2.75) is 11.4 Å². The monoisotopic (exact) mass is 299 g/mol. The van der Waals surface area contributed by atoms with Crippen LogP contribution in [0, 0.1) is 0 Å². The Labute approximate surface area is 114 Å². The summed E-state index contributed by atoms with van der Waals surface area (Å²) in [5, 5.41) is 3.49. The average molecular weight is 299 g/mol. The van der Waals surface area contributed by atoms with E-state index in [1.807, 2.05) is 0 Å². The van der Waals surface area contributed by atoms with Gasteiger partial charge in [-0.3, -0.25) is 4.98 Å². The predicted molar refractivity (Wildman–Crippen MR) is 68.4 cm³/mol. The number of aromatic nitrogens is 3. The first-order chi connectivity index (χ1) is 8.99. The lowest BCUT2D eigenvalue weighted by molar-refractivity contribution is 0.409. The Balaban J connectivity index is 2.13. The topological polar surface area (TPSA) is 124 Å². The van der Waals surface area contributed by atoms with E-state index >= 15 is 0 Å². The molecule has 100 valence electrons. The van der Waals surface area contributed by atoms with Gasteiger partial charge >= 0.3 is 0 Å². The van der Waals surface area contributed by atoms with Crippen LogP contribution < -0.4 is 10.5 Å². The zero-order chi connectivity index (χ0) is 13.9. The fraction of sp³-hybridized carbons (Fsp3) is 0.111. The second-order valence-corrected chi connectivity index (χ2v) is 5.62. The Bertz CT molecular complexity index is 666. The van der Waals surface area contributed by atoms with Crippen molar-refractivity contribution in [3.8, 4) is 0 Å². The number of hydrogen-bond donors (Lipinski definition) is 2. The summed E-state index contributed by atoms with van der Waals surface area (Å²) in [4.78, 5) is 7.65. The van der Waals surface area contributed by atoms with E-state index in [2.05, 4.69) is 24.4 Å². The molecule has 3 N–H and O–H groups in total. The van der Waals surface area contributed by atoms with E-state index in [1.165, 1.54) is 18.3 Å². The molecule has 0 radical (unpaired) electrons. The maximum absolute atomic E-state index is 11.9. The van der Waals surface area contributed by atoms with E-state index in [-0.39, 0.29) is 22.3 Å². The number of nitrogens with one attached hydrogen (secondary N) is 1. The van der Waals surface area contributed by atoms with Crippen molar-refractivity contribution in [1.29, 1.82) is 0 Å². The third-order valence-electron chi connectivity index (χ3n) is 2.13. The number of rotatable bonds is 5. The minimum absolute atomic E-state index is 0.00371. The normalized spacial score (nSPS) is 11.4. The van der Waals surface area contributed by atoms with Gasteiger partial charge in [0.15, 0.2) is 5.82 Å². The molecule has 0 saturated heterocycles. The van der Waals surface area contributed by atoms with Crippen molar-refractivity contribution in [2.75, 3.05) is 0 Å². The molecule has 2 rings (SSSR count). The molecular weight excluding hydrogens is 290 g/mol. The number of nitrogens with zero attached hydrogens (tertiary/aromatic N) is 3. The molecule has 0 unspecified atom stereocenters. The van der Waals surface area contributed by atoms with E-state index in [0.717, 1.165) is 6.39 Å². The molecule has 0 bridgehead atoms. The Morgan fingerprint density at radius 3 is 2.74 bits per heavy atom. The highest BCUT2D eigenvalue weighted by Crippen LogP contribution is 2.08. The van der Waals surface area contributed by atoms with Crippen LogP contribution in [-0.4, -0.2) is 28.5 Å². The van der Waals surface area contributed by atoms with Crippen molar-refractivity contribution < 1.29 is 12.9 Å². The highest BCUT2D eigenvalue weighted by molar-refractivity contribution is 7.89. The van der Waals surface area contributed by atoms with Crippen molar-refractivity contribution >= 4 is 27.2 Å². The van der Waals surface area contributed by atoms with E-state index in [1.54, 1.807) is 0 Å². The number of nitrogens with two attached hydrogens (primary N) is 1. The van der Waals surface area contributed by atoms with Gasteiger partial charge in [-0.05, 0) is 12.1 Å². The molecule has 2 aromatic rings. The number of pyridine rings is 1. The molecule has 2 aromatic heterocycles. The summed E-state index contributed by atoms with van der Waals surface area (Å²) in [5.74, 6) is 0.233. The van der Waals surface area contributed by atoms with Crippen LogP contribution in [0.1, 0.15) is 11.5 Å². The summed E-state index contributed by atoms with van der Waals surface area (Å²) in [7, 11) is -3.70. The van der Waals surface area contributed by atoms with Crippen molar-refractivity contribution in [3.63, 3.8) is 0 Å². The van der Waals surface area contributed by atoms with Crippen LogP contribution in [0.2, 0.25) is 0 Å². The molecule has 8 nitrogen and oxygen atoms in total. The van der Waals surface area contributed by atoms with Crippen LogP contribution >= 0.6 is 12.2 Å². The smallest absolute Gasteiger partial charge is 0.242 e. The zero-order valence-corrected chi connectivity index (χ0v) is 11.1. The van der Waals surface area contributed by atoms with Crippen LogP contribution in [-0.2, 0) is 16.6 Å². The highest BCUT2D eigenvalue weighted by atomic mass is 32.2. The predicted octanol–water partition coefficient (Wildman–Crippen LogP) is -0.423. The molecule has 0 aliphatic rings. The van der Waals surface area contributed by atoms with Gasteiger partial charge in [0.1, 0.15) is 9.88 Å². The number of thiocarbonyl (C=S) groups is 1. The Hall–Kier alpha value is -1.91. The zero-order valence-electron chi connectivity index (χ0n) is 9.48. The van der Waals surface area contributed by atoms with Crippen LogP contribution in [0.3, 0.4) is 0 Å². The first kappa shape index (κ1) is 13.5. The molecule has 0 aromatic carbocycles. The van der Waals surface area contributed by atoms with Crippen LogP contribution in [0.5, 0.6) is 0 Å². The van der Waals surface area contributed by atoms with Gasteiger partial charge in [-0.2, -0.15) is 4.98 Å². The van der Waals surface area contributed by atoms with E-state index < -0.39 is 10.0 Å². The maximum Gasteiger partial charge on any atom is 0.242 e. The third-order valence-corrected chi connectivity index (χ3v) is 3.72. The lowest BCUT2D eigenvalue weighted by Gasteiger charge is -2.05. The van der Waals surface area contributed by atoms with E-state index in [9.17, 15) is 8.42 Å². The summed E-state index contributed by atoms with van der Waals surface area (Å²) in [6.07, 6.45) is 2.29. The molecule has 0 spiro atoms. The fourth-order valence-electron chi connectivity index (χ4n) is 1.20. The lowest BCUT2D eigenvalue weighted by atomic mass is 10.3. The average Bonchev–Trinajstić information content (AvgIpc) is 2.90. The molecular formula is C9H9N5O3S2. The minimum atomic E-state index is -3.70. The molecule has 0 atom stereocenters. The van der Waals surface area contributed by atoms with Crippen molar-refractivity contribution in [1.82, 2.24) is 19.8 Å². The van der Waals surface area contributed by atoms with Crippen LogP contribution in [0.15, 0.2) is 34.1 Å². The van der Waals surface area contributed by atoms with Crippen molar-refractivity contribution in [3.05, 3.63) is 36.2 Å². The summed E-state index contributed by atoms with van der Waals surface area (Å²) in [6.45, 7) is -0.0735. The van der Waals surface area contributed by atoms with E-state index in [0.29, 0.717) is 5.69 Å². The molecule has 0 aliphatic heterocycles. The van der Waals surface area contributed by atoms with Gasteiger partial charge in [0.05, 0.1) is 12.2 Å². The number of hydrogen-bond acceptors (Lipinski definition) is 7. The fourth-order valence-corrected chi connectivity index (χ4v) is 2.24. The molecule has 0 amide bonds. The maximum atomic E-state index is 11.9. The summed E-state index contributed by atoms with van der Waals surface area (Å²) in [6, 6.07) is 2.80. The van der Waals surface area contributed by atoms with Gasteiger partial charge < -0.3 is 10.3 Å². The SMILES string of the molecule is NC(=S)c1ccc(S(=O)(=O)NCc2ncon2)cn1. The Morgan fingerprint density at radius 1 is 1.42 bits per heavy atom. The van der Waals surface area contributed by atoms with Gasteiger partial charge in [-0.15, -0.1) is 0 Å². The molecule has 10 heteroatoms. The molecule has 0 aliphatic carbocycles. The quantitative estimate of drug-likeness (QED) is 0.713. The first-order valence-corrected chi connectivity index (χ1v) is 6.89. The van der Waals surface area contributed by atoms with Gasteiger partial charge in [0, 0.05) is 6.20 Å². The third kappa shape index (κ3) is 3.30. The minimum Gasteiger partial charge on any atom is -0.388 e. The molecule has 0 saturated carbocycles. The van der Waals surface area contributed by atoms with Crippen molar-refractivity contribution in [2.24, 2.45) is 5.73 Å². The second-order valence-electron chi connectivity index (χ2n) is 3.42. The molecule has 19 heavy (non-hydrogen) atoms. The lowest BCUT2D eigenvalue weighted by Crippen LogP contribution is -2.24. The molecule has 2 heterocycles. The summed E-state index contributed by atoms with van der Waals surface area (Å²) >= 11 is 4.73. The Kier molecular flexibility index (Phi) is 3.83. The standard InChI is InChI=1S/C9H9N5O3S2/c10-9(18)7-2-1-6(3-11-7)19(15,16)13-4-8-12-5-17-14-8/h1-3,5,13H,4H2,(H2,10,18). The van der Waals surface area contributed by atoms with Crippen LogP contribution in [0.25, 0.3) is 0 Å².